The lowest BCUT2D eigenvalue weighted by molar-refractivity contribution is 0.797. The van der Waals surface area contributed by atoms with Crippen molar-refractivity contribution in [1.82, 2.24) is 16.0 Å². The number of aliphatic imine (C=N–C) groups is 3. The minimum Gasteiger partial charge on any atom is -0.326 e. The second-order valence-corrected chi connectivity index (χ2v) is 14.0. The molecule has 0 aromatic heterocycles. The van der Waals surface area contributed by atoms with Crippen molar-refractivity contribution in [3.05, 3.63) is 212 Å². The van der Waals surface area contributed by atoms with Crippen LogP contribution in [0, 0.1) is 34.0 Å². The molecule has 67 heavy (non-hydrogen) atoms. The summed E-state index contributed by atoms with van der Waals surface area (Å²) in [7, 11) is 11.1. The summed E-state index contributed by atoms with van der Waals surface area (Å²) in [5, 5.41) is 34.7. The molecule has 0 aliphatic carbocycles. The Kier molecular flexibility index (Phi) is 34.6. The van der Waals surface area contributed by atoms with Crippen LogP contribution in [-0.4, -0.2) is 60.9 Å². The van der Waals surface area contributed by atoms with Crippen LogP contribution in [0.3, 0.4) is 0 Å². The van der Waals surface area contributed by atoms with Crippen molar-refractivity contribution in [3.63, 3.8) is 0 Å². The third kappa shape index (κ3) is 27.5. The van der Waals surface area contributed by atoms with Gasteiger partial charge in [0.05, 0.1) is 34.9 Å². The lowest BCUT2D eigenvalue weighted by Crippen LogP contribution is -2.08. The Morgan fingerprint density at radius 2 is 0.672 bits per heavy atom. The van der Waals surface area contributed by atoms with Crippen LogP contribution in [0.15, 0.2) is 161 Å². The van der Waals surface area contributed by atoms with Gasteiger partial charge in [0, 0.05) is 79.1 Å². The van der Waals surface area contributed by atoms with Gasteiger partial charge < -0.3 is 33.2 Å². The molecule has 0 aliphatic rings. The summed E-state index contributed by atoms with van der Waals surface area (Å²) in [6, 6.07) is 52.8. The number of hydrogen-bond donors (Lipinski definition) is 6. The highest BCUT2D eigenvalue weighted by atomic mass is 14.8. The van der Waals surface area contributed by atoms with Gasteiger partial charge in [-0.05, 0) is 108 Å². The van der Waals surface area contributed by atoms with Crippen LogP contribution in [0.4, 0.5) is 0 Å². The molecule has 0 bridgehead atoms. The third-order valence-electron chi connectivity index (χ3n) is 8.71. The Morgan fingerprint density at radius 3 is 1.00 bits per heavy atom. The smallest absolute Gasteiger partial charge is 0.0992 e. The first-order valence-corrected chi connectivity index (χ1v) is 21.2. The van der Waals surface area contributed by atoms with Gasteiger partial charge >= 0.3 is 0 Å². The van der Waals surface area contributed by atoms with E-state index in [1.165, 1.54) is 22.3 Å². The van der Waals surface area contributed by atoms with E-state index in [1.807, 2.05) is 119 Å². The average molecular weight is 899 g/mol. The van der Waals surface area contributed by atoms with Crippen molar-refractivity contribution in [2.24, 2.45) is 32.2 Å². The van der Waals surface area contributed by atoms with Crippen molar-refractivity contribution in [2.45, 2.75) is 46.7 Å². The van der Waals surface area contributed by atoms with E-state index in [0.29, 0.717) is 36.3 Å². The normalized spacial score (nSPS) is 9.76. The summed E-state index contributed by atoms with van der Waals surface area (Å²) in [6.45, 7) is 4.60. The number of nitriles is 3. The van der Waals surface area contributed by atoms with E-state index in [0.717, 1.165) is 47.5 Å². The summed E-state index contributed by atoms with van der Waals surface area (Å²) < 4.78 is 0. The molecule has 0 heterocycles. The van der Waals surface area contributed by atoms with Crippen molar-refractivity contribution >= 4 is 18.6 Å². The van der Waals surface area contributed by atoms with Gasteiger partial charge in [0.2, 0.25) is 0 Å². The molecule has 12 heteroatoms. The molecular formula is C55H70N12. The molecule has 0 radical (unpaired) electrons. The van der Waals surface area contributed by atoms with Crippen molar-refractivity contribution in [1.29, 1.82) is 15.8 Å². The molecule has 6 aromatic carbocycles. The number of nitrogens with one attached hydrogen (secondary N) is 3. The molecule has 0 spiro atoms. The first-order chi connectivity index (χ1) is 32.2. The fourth-order valence-corrected chi connectivity index (χ4v) is 5.73. The third-order valence-corrected chi connectivity index (χ3v) is 8.71. The predicted molar refractivity (Wildman–Crippen MR) is 282 cm³/mol. The highest BCUT2D eigenvalue weighted by Gasteiger charge is 1.95. The van der Waals surface area contributed by atoms with E-state index < -0.39 is 0 Å². The largest absolute Gasteiger partial charge is 0.326 e. The lowest BCUT2D eigenvalue weighted by Gasteiger charge is -2.03. The van der Waals surface area contributed by atoms with Crippen LogP contribution in [0.5, 0.6) is 0 Å². The van der Waals surface area contributed by atoms with Gasteiger partial charge in [0.1, 0.15) is 0 Å². The summed E-state index contributed by atoms with van der Waals surface area (Å²) >= 11 is 0. The average Bonchev–Trinajstić information content (AvgIpc) is 3.36. The zero-order valence-corrected chi connectivity index (χ0v) is 39.2. The Hall–Kier alpha value is -7.44. The van der Waals surface area contributed by atoms with Crippen LogP contribution in [0.25, 0.3) is 0 Å². The first-order valence-electron chi connectivity index (χ1n) is 21.2. The Labute approximate surface area is 400 Å². The molecule has 0 amide bonds. The summed E-state index contributed by atoms with van der Waals surface area (Å²) in [5.74, 6) is 0. The summed E-state index contributed by atoms with van der Waals surface area (Å²) in [4.78, 5) is 11.7. The summed E-state index contributed by atoms with van der Waals surface area (Å²) in [5.41, 5.74) is 28.7. The fraction of sp³-hybridized carbons (Fsp3) is 0.236. The van der Waals surface area contributed by atoms with Gasteiger partial charge in [-0.25, -0.2) is 0 Å². The fourth-order valence-electron chi connectivity index (χ4n) is 5.73. The maximum atomic E-state index is 8.54. The maximum absolute atomic E-state index is 8.54. The predicted octanol–water partition coefficient (Wildman–Crippen LogP) is 8.05. The SMILES string of the molecule is C.CN=Cc1cccc(C#N)c1.CN=Cc1cccc(C=NC)c1.CNCc1cccc(CN)c1.CNCc1cccc(CNC)c1.N#Cc1cccc(C#N)c1.NCc1cccc(CN)c1. The number of hydrogen-bond acceptors (Lipinski definition) is 12. The van der Waals surface area contributed by atoms with Crippen LogP contribution in [0.2, 0.25) is 0 Å². The zero-order chi connectivity index (χ0) is 48.6. The highest BCUT2D eigenvalue weighted by molar-refractivity contribution is 5.86. The monoisotopic (exact) mass is 899 g/mol. The molecule has 0 fully saturated rings. The van der Waals surface area contributed by atoms with Crippen molar-refractivity contribution < 1.29 is 0 Å². The molecule has 6 rings (SSSR count). The van der Waals surface area contributed by atoms with E-state index in [2.05, 4.69) is 73.4 Å². The van der Waals surface area contributed by atoms with Crippen LogP contribution < -0.4 is 33.2 Å². The standard InChI is InChI=1S/C10H16N2.C10H12N2.C9H14N2.C9H8N2.C8H12N2.C8H4N2.CH4/c2*1-11-7-9-4-3-5-10(6-9)8-12-2;2*1-11-7-9-4-2-3-8(5-9)6-10;2*9-5-7-2-1-3-8(4-7)6-10;/h3-6,11-12H,7-8H2,1-2H3;3-8H,1-2H3;2-5,11H,6-7,10H2,1H3;2-5,7H,1H3;1-4H,5-6,9-10H2;1-4H;1H4. The molecule has 0 aliphatic heterocycles. The molecule has 9 N–H and O–H groups in total. The highest BCUT2D eigenvalue weighted by Crippen LogP contribution is 2.06. The van der Waals surface area contributed by atoms with Gasteiger partial charge in [-0.3, -0.25) is 15.0 Å². The molecule has 350 valence electrons. The Balaban J connectivity index is 0.000000779. The van der Waals surface area contributed by atoms with Gasteiger partial charge in [0.25, 0.3) is 0 Å². The molecular weight excluding hydrogens is 829 g/mol. The van der Waals surface area contributed by atoms with Gasteiger partial charge in [-0.2, -0.15) is 15.8 Å². The molecule has 0 saturated heterocycles. The first kappa shape index (κ1) is 59.6. The quantitative estimate of drug-likeness (QED) is 0.0653. The second kappa shape index (κ2) is 39.0. The Morgan fingerprint density at radius 1 is 0.403 bits per heavy atom. The Bertz CT molecular complexity index is 2370. The number of nitrogens with zero attached hydrogens (tertiary/aromatic N) is 6. The molecule has 0 atom stereocenters. The van der Waals surface area contributed by atoms with Crippen LogP contribution >= 0.6 is 0 Å². The molecule has 0 unspecified atom stereocenters. The van der Waals surface area contributed by atoms with Crippen LogP contribution in [0.1, 0.15) is 74.2 Å². The van der Waals surface area contributed by atoms with Gasteiger partial charge in [-0.15, -0.1) is 0 Å². The maximum Gasteiger partial charge on any atom is 0.0992 e. The van der Waals surface area contributed by atoms with Gasteiger partial charge in [-0.1, -0.05) is 117 Å². The number of rotatable bonds is 12. The van der Waals surface area contributed by atoms with Crippen molar-refractivity contribution in [2.75, 3.05) is 42.3 Å². The molecule has 12 nitrogen and oxygen atoms in total. The lowest BCUT2D eigenvalue weighted by atomic mass is 10.1. The minimum absolute atomic E-state index is 0. The zero-order valence-electron chi connectivity index (χ0n) is 39.2. The molecule has 6 aromatic rings. The minimum atomic E-state index is 0. The van der Waals surface area contributed by atoms with Crippen LogP contribution in [-0.2, 0) is 39.3 Å². The summed E-state index contributed by atoms with van der Waals surface area (Å²) in [6.07, 6.45) is 5.38. The van der Waals surface area contributed by atoms with E-state index >= 15 is 0 Å². The van der Waals surface area contributed by atoms with Crippen molar-refractivity contribution in [3.8, 4) is 18.2 Å². The van der Waals surface area contributed by atoms with E-state index in [-0.39, 0.29) is 7.43 Å². The number of benzene rings is 6. The van der Waals surface area contributed by atoms with E-state index in [9.17, 15) is 0 Å². The number of nitrogens with two attached hydrogens (primary N) is 3. The van der Waals surface area contributed by atoms with E-state index in [1.54, 1.807) is 63.8 Å². The molecule has 0 saturated carbocycles. The topological polar surface area (TPSA) is 223 Å². The van der Waals surface area contributed by atoms with E-state index in [4.69, 9.17) is 33.0 Å². The van der Waals surface area contributed by atoms with Gasteiger partial charge in [0.15, 0.2) is 0 Å². The second-order valence-electron chi connectivity index (χ2n) is 14.0.